The number of rotatable bonds is 7. The van der Waals surface area contributed by atoms with Gasteiger partial charge in [0, 0.05) is 34.1 Å². The average molecular weight is 798 g/mol. The van der Waals surface area contributed by atoms with Gasteiger partial charge in [-0.15, -0.1) is 0 Å². The van der Waals surface area contributed by atoms with Gasteiger partial charge in [-0.05, 0) is 104 Å². The quantitative estimate of drug-likeness (QED) is 0.162. The number of allylic oxidation sites excluding steroid dienone is 10. The summed E-state index contributed by atoms with van der Waals surface area (Å²) < 4.78 is 7.36. The molecule has 0 radical (unpaired) electrons. The Morgan fingerprint density at radius 2 is 1.27 bits per heavy atom. The van der Waals surface area contributed by atoms with E-state index in [-0.39, 0.29) is 5.92 Å². The van der Waals surface area contributed by atoms with Crippen LogP contribution in [0, 0.1) is 0 Å². The van der Waals surface area contributed by atoms with E-state index in [0.717, 1.165) is 67.1 Å². The van der Waals surface area contributed by atoms with Crippen LogP contribution in [0.25, 0.3) is 39.5 Å². The molecule has 7 aromatic rings. The molecule has 1 aliphatic heterocycles. The van der Waals surface area contributed by atoms with E-state index in [4.69, 9.17) is 4.74 Å². The maximum Gasteiger partial charge on any atom is 0.186 e. The predicted molar refractivity (Wildman–Crippen MR) is 261 cm³/mol. The monoisotopic (exact) mass is 797 g/mol. The van der Waals surface area contributed by atoms with Gasteiger partial charge >= 0.3 is 0 Å². The van der Waals surface area contributed by atoms with Crippen molar-refractivity contribution in [2.75, 3.05) is 5.32 Å². The third-order valence-corrected chi connectivity index (χ3v) is 12.5. The molecule has 0 amide bonds. The molecule has 1 spiro atoms. The number of anilines is 1. The van der Waals surface area contributed by atoms with Gasteiger partial charge in [-0.1, -0.05) is 208 Å². The molecule has 2 aliphatic carbocycles. The van der Waals surface area contributed by atoms with E-state index < -0.39 is 5.60 Å². The summed E-state index contributed by atoms with van der Waals surface area (Å²) in [6.45, 7) is 9.08. The summed E-state index contributed by atoms with van der Waals surface area (Å²) in [5.41, 5.74) is 18.5. The minimum Gasteiger partial charge on any atom is -0.472 e. The Labute approximate surface area is 365 Å². The molecule has 0 bridgehead atoms. The van der Waals surface area contributed by atoms with Crippen molar-refractivity contribution >= 4 is 22.9 Å². The molecule has 0 aromatic heterocycles. The van der Waals surface area contributed by atoms with Crippen LogP contribution in [-0.2, 0) is 5.60 Å². The van der Waals surface area contributed by atoms with Gasteiger partial charge in [0.05, 0.1) is 0 Å². The molecule has 1 N–H and O–H groups in total. The first kappa shape index (κ1) is 38.5. The standard InChI is InChI=1S/C60H47NO/c1-41-31-33-45(34-32-42(2)50-23-10-9-22-49(41)50)44(35-36-47-20-7-8-26-53(47)46-18-5-4-6-19-46)21-17-39-61-48-37-38-55-54-27-12-15-29-57(54)60(58(55)40-48)56-28-14-11-24-51(56)43(3)52-25-13-16-30-59(52)62-60/h4-41,61H,3H2,1-2H3/b33-31?,36-35-,39-17+,42-32+,44-21+,45-34+. The fourth-order valence-corrected chi connectivity index (χ4v) is 9.36. The minimum atomic E-state index is -0.869. The topological polar surface area (TPSA) is 21.3 Å². The van der Waals surface area contributed by atoms with Crippen molar-refractivity contribution in [2.24, 2.45) is 0 Å². The summed E-state index contributed by atoms with van der Waals surface area (Å²) in [6.07, 6.45) is 19.9. The van der Waals surface area contributed by atoms with Gasteiger partial charge < -0.3 is 10.1 Å². The number of benzene rings is 7. The number of hydrogen-bond donors (Lipinski definition) is 1. The maximum absolute atomic E-state index is 7.36. The lowest BCUT2D eigenvalue weighted by Gasteiger charge is -2.33. The summed E-state index contributed by atoms with van der Waals surface area (Å²) in [7, 11) is 0. The highest BCUT2D eigenvalue weighted by Gasteiger charge is 2.50. The number of ether oxygens (including phenoxy) is 1. The second-order valence-electron chi connectivity index (χ2n) is 16.2. The lowest BCUT2D eigenvalue weighted by atomic mass is 9.80. The Bertz CT molecular complexity index is 3060. The van der Waals surface area contributed by atoms with E-state index >= 15 is 0 Å². The first-order valence-corrected chi connectivity index (χ1v) is 21.4. The lowest BCUT2D eigenvalue weighted by molar-refractivity contribution is 0.161. The molecular formula is C60H47NO. The highest BCUT2D eigenvalue weighted by Crippen LogP contribution is 2.57. The smallest absolute Gasteiger partial charge is 0.186 e. The lowest BCUT2D eigenvalue weighted by Crippen LogP contribution is -2.34. The molecular weight excluding hydrogens is 751 g/mol. The van der Waals surface area contributed by atoms with Gasteiger partial charge in [-0.3, -0.25) is 0 Å². The second kappa shape index (κ2) is 16.4. The molecule has 0 fully saturated rings. The van der Waals surface area contributed by atoms with Crippen LogP contribution >= 0.6 is 0 Å². The van der Waals surface area contributed by atoms with Gasteiger partial charge in [0.25, 0.3) is 0 Å². The van der Waals surface area contributed by atoms with Crippen LogP contribution in [0.15, 0.2) is 236 Å². The molecule has 10 rings (SSSR count). The predicted octanol–water partition coefficient (Wildman–Crippen LogP) is 15.3. The molecule has 62 heavy (non-hydrogen) atoms. The molecule has 2 heteroatoms. The van der Waals surface area contributed by atoms with Crippen molar-refractivity contribution < 1.29 is 4.74 Å². The molecule has 2 atom stereocenters. The van der Waals surface area contributed by atoms with Crippen molar-refractivity contribution in [3.63, 3.8) is 0 Å². The van der Waals surface area contributed by atoms with Crippen LogP contribution in [-0.4, -0.2) is 0 Å². The number of nitrogens with one attached hydrogen (secondary N) is 1. The Morgan fingerprint density at radius 3 is 2.10 bits per heavy atom. The number of para-hydroxylation sites is 1. The van der Waals surface area contributed by atoms with E-state index in [2.05, 4.69) is 238 Å². The molecule has 1 heterocycles. The van der Waals surface area contributed by atoms with Gasteiger partial charge in [0.15, 0.2) is 5.60 Å². The van der Waals surface area contributed by atoms with Crippen LogP contribution in [0.4, 0.5) is 5.69 Å². The normalized spacial score (nSPS) is 19.4. The SMILES string of the molecule is C=C1c2ccccc2OC2(c3ccccc31)c1ccccc1-c1ccc(N/C=C/C=C(\C=C/c3ccccc3-c3ccccc3)C3=C/C=C(\C)c4ccccc4C(C)C=C\3)cc12. The van der Waals surface area contributed by atoms with E-state index in [1.807, 2.05) is 12.3 Å². The van der Waals surface area contributed by atoms with Crippen molar-refractivity contribution in [3.8, 4) is 28.0 Å². The third-order valence-electron chi connectivity index (χ3n) is 12.5. The fourth-order valence-electron chi connectivity index (χ4n) is 9.36. The Hall–Kier alpha value is -7.68. The Kier molecular flexibility index (Phi) is 10.2. The molecule has 2 nitrogen and oxygen atoms in total. The molecule has 298 valence electrons. The van der Waals surface area contributed by atoms with Crippen molar-refractivity contribution in [1.82, 2.24) is 0 Å². The Balaban J connectivity index is 1.04. The summed E-state index contributed by atoms with van der Waals surface area (Å²) >= 11 is 0. The maximum atomic E-state index is 7.36. The average Bonchev–Trinajstić information content (AvgIpc) is 3.56. The zero-order valence-corrected chi connectivity index (χ0v) is 35.1. The van der Waals surface area contributed by atoms with E-state index in [9.17, 15) is 0 Å². The van der Waals surface area contributed by atoms with Crippen LogP contribution < -0.4 is 10.1 Å². The van der Waals surface area contributed by atoms with Crippen LogP contribution in [0.2, 0.25) is 0 Å². The molecule has 2 unspecified atom stereocenters. The summed E-state index contributed by atoms with van der Waals surface area (Å²) in [4.78, 5) is 0. The van der Waals surface area contributed by atoms with E-state index in [0.29, 0.717) is 0 Å². The molecule has 0 saturated heterocycles. The second-order valence-corrected chi connectivity index (χ2v) is 16.2. The number of hydrogen-bond acceptors (Lipinski definition) is 2. The zero-order valence-electron chi connectivity index (χ0n) is 35.1. The first-order chi connectivity index (χ1) is 30.5. The third kappa shape index (κ3) is 6.90. The molecule has 7 aromatic carbocycles. The zero-order chi connectivity index (χ0) is 42.0. The Morgan fingerprint density at radius 1 is 0.629 bits per heavy atom. The summed E-state index contributed by atoms with van der Waals surface area (Å²) in [5, 5.41) is 3.64. The van der Waals surface area contributed by atoms with Crippen molar-refractivity contribution in [1.29, 1.82) is 0 Å². The van der Waals surface area contributed by atoms with Crippen LogP contribution in [0.5, 0.6) is 5.75 Å². The van der Waals surface area contributed by atoms with Crippen LogP contribution in [0.3, 0.4) is 0 Å². The first-order valence-electron chi connectivity index (χ1n) is 21.4. The fraction of sp³-hybridized carbons (Fsp3) is 0.0667. The molecule has 3 aliphatic rings. The summed E-state index contributed by atoms with van der Waals surface area (Å²) in [6, 6.07) is 60.1. The van der Waals surface area contributed by atoms with Crippen molar-refractivity contribution in [3.05, 3.63) is 281 Å². The van der Waals surface area contributed by atoms with Crippen LogP contribution in [0.1, 0.15) is 64.3 Å². The van der Waals surface area contributed by atoms with Gasteiger partial charge in [0.1, 0.15) is 5.75 Å². The molecule has 0 saturated carbocycles. The minimum absolute atomic E-state index is 0.252. The highest BCUT2D eigenvalue weighted by atomic mass is 16.5. The van der Waals surface area contributed by atoms with E-state index in [1.54, 1.807) is 0 Å². The highest BCUT2D eigenvalue weighted by molar-refractivity contribution is 5.90. The summed E-state index contributed by atoms with van der Waals surface area (Å²) in [5.74, 6) is 1.07. The van der Waals surface area contributed by atoms with Crippen molar-refractivity contribution in [2.45, 2.75) is 25.4 Å². The van der Waals surface area contributed by atoms with Gasteiger partial charge in [-0.25, -0.2) is 0 Å². The largest absolute Gasteiger partial charge is 0.472 e. The van der Waals surface area contributed by atoms with Gasteiger partial charge in [-0.2, -0.15) is 0 Å². The van der Waals surface area contributed by atoms with E-state index in [1.165, 1.54) is 33.4 Å². The number of fused-ring (bicyclic) bond motifs is 9. The van der Waals surface area contributed by atoms with Gasteiger partial charge in [0.2, 0.25) is 0 Å².